The van der Waals surface area contributed by atoms with Gasteiger partial charge in [-0.1, -0.05) is 48.6 Å². The fourth-order valence-corrected chi connectivity index (χ4v) is 1.40. The molecule has 0 amide bonds. The van der Waals surface area contributed by atoms with E-state index in [2.05, 4.69) is 66.5 Å². The van der Waals surface area contributed by atoms with Gasteiger partial charge in [-0.3, -0.25) is 0 Å². The zero-order valence-electron chi connectivity index (χ0n) is 7.43. The zero-order valence-corrected chi connectivity index (χ0v) is 7.43. The second-order valence-corrected chi connectivity index (χ2v) is 3.19. The van der Waals surface area contributed by atoms with E-state index in [1.165, 1.54) is 0 Å². The molecule has 0 aliphatic heterocycles. The maximum absolute atomic E-state index is 3.21. The van der Waals surface area contributed by atoms with Crippen molar-refractivity contribution in [3.05, 3.63) is 66.5 Å². The Morgan fingerprint density at radius 1 is 0.692 bits per heavy atom. The van der Waals surface area contributed by atoms with Crippen LogP contribution in [0.4, 0.5) is 0 Å². The van der Waals surface area contributed by atoms with Crippen LogP contribution in [0.2, 0.25) is 0 Å². The molecule has 0 aromatic heterocycles. The van der Waals surface area contributed by atoms with Crippen molar-refractivity contribution in [2.75, 3.05) is 0 Å². The van der Waals surface area contributed by atoms with Crippen LogP contribution >= 0.6 is 0 Å². The van der Waals surface area contributed by atoms with Crippen LogP contribution in [0.3, 0.4) is 0 Å². The van der Waals surface area contributed by atoms with E-state index in [4.69, 9.17) is 0 Å². The lowest BCUT2D eigenvalue weighted by atomic mass is 10.1. The highest BCUT2D eigenvalue weighted by molar-refractivity contribution is 5.25. The van der Waals surface area contributed by atoms with Gasteiger partial charge in [0, 0.05) is 11.8 Å². The van der Waals surface area contributed by atoms with Crippen LogP contribution < -0.4 is 0 Å². The summed E-state index contributed by atoms with van der Waals surface area (Å²) < 4.78 is 0. The first kappa shape index (κ1) is 8.10. The minimum atomic E-state index is 0.450. The average molecular weight is 168 g/mol. The molecule has 0 saturated heterocycles. The molecule has 0 unspecified atom stereocenters. The van der Waals surface area contributed by atoms with Crippen molar-refractivity contribution in [1.82, 2.24) is 0 Å². The molecule has 0 heteroatoms. The van der Waals surface area contributed by atoms with Crippen molar-refractivity contribution >= 4 is 0 Å². The van der Waals surface area contributed by atoms with Crippen molar-refractivity contribution in [3.63, 3.8) is 0 Å². The van der Waals surface area contributed by atoms with Crippen LogP contribution in [-0.2, 0) is 0 Å². The van der Waals surface area contributed by atoms with Crippen LogP contribution in [0.5, 0.6) is 0 Å². The molecule has 2 rings (SSSR count). The minimum absolute atomic E-state index is 0.450. The Hall–Kier alpha value is -1.52. The minimum Gasteiger partial charge on any atom is -0.128 e. The molecule has 2 aliphatic carbocycles. The van der Waals surface area contributed by atoms with Gasteiger partial charge in [-0.25, -0.2) is 0 Å². The summed E-state index contributed by atoms with van der Waals surface area (Å²) in [5.41, 5.74) is 3.21. The predicted molar refractivity (Wildman–Crippen MR) is 56.2 cm³/mol. The summed E-state index contributed by atoms with van der Waals surface area (Å²) in [7, 11) is 0. The Morgan fingerprint density at radius 2 is 1.08 bits per heavy atom. The summed E-state index contributed by atoms with van der Waals surface area (Å²) in [6.45, 7) is 0. The topological polar surface area (TPSA) is 0 Å². The predicted octanol–water partition coefficient (Wildman–Crippen LogP) is 3.18. The van der Waals surface area contributed by atoms with Crippen LogP contribution in [0.25, 0.3) is 0 Å². The van der Waals surface area contributed by atoms with E-state index in [0.717, 1.165) is 0 Å². The number of allylic oxidation sites excluding steroid dienone is 9. The molecular weight excluding hydrogens is 156 g/mol. The van der Waals surface area contributed by atoms with E-state index in [0.29, 0.717) is 11.8 Å². The highest BCUT2D eigenvalue weighted by atomic mass is 14.0. The highest BCUT2D eigenvalue weighted by Gasteiger charge is 1.97. The molecule has 0 bridgehead atoms. The second kappa shape index (κ2) is 3.93. The zero-order chi connectivity index (χ0) is 8.93. The van der Waals surface area contributed by atoms with E-state index in [9.17, 15) is 0 Å². The van der Waals surface area contributed by atoms with Gasteiger partial charge in [0.1, 0.15) is 0 Å². The van der Waals surface area contributed by atoms with Crippen molar-refractivity contribution in [2.45, 2.75) is 0 Å². The molecular formula is C13H12. The van der Waals surface area contributed by atoms with Gasteiger partial charge >= 0.3 is 0 Å². The third kappa shape index (κ3) is 2.21. The van der Waals surface area contributed by atoms with Gasteiger partial charge in [0.15, 0.2) is 0 Å². The smallest absolute Gasteiger partial charge is 0.0209 e. The first-order chi connectivity index (χ1) is 6.45. The van der Waals surface area contributed by atoms with Gasteiger partial charge in [-0.2, -0.15) is 0 Å². The molecule has 0 fully saturated rings. The monoisotopic (exact) mass is 168 g/mol. The van der Waals surface area contributed by atoms with Gasteiger partial charge in [-0.15, -0.1) is 5.73 Å². The Labute approximate surface area is 79.0 Å². The van der Waals surface area contributed by atoms with Crippen molar-refractivity contribution < 1.29 is 0 Å². The number of rotatable bonds is 2. The van der Waals surface area contributed by atoms with Crippen LogP contribution in [-0.4, -0.2) is 0 Å². The maximum atomic E-state index is 3.21. The summed E-state index contributed by atoms with van der Waals surface area (Å²) in [5, 5.41) is 0. The van der Waals surface area contributed by atoms with E-state index in [1.54, 1.807) is 0 Å². The summed E-state index contributed by atoms with van der Waals surface area (Å²) >= 11 is 0. The lowest BCUT2D eigenvalue weighted by molar-refractivity contribution is 1.07. The lowest BCUT2D eigenvalue weighted by Gasteiger charge is -1.92. The van der Waals surface area contributed by atoms with Crippen LogP contribution in [0, 0.1) is 11.8 Å². The van der Waals surface area contributed by atoms with E-state index >= 15 is 0 Å². The summed E-state index contributed by atoms with van der Waals surface area (Å²) in [4.78, 5) is 0. The molecule has 0 heterocycles. The first-order valence-corrected chi connectivity index (χ1v) is 4.58. The standard InChI is InChI=1S/C13H12/c1-2-7-12(6-1)10-5-11-13-8-3-4-9-13/h1-4,6-13H. The Kier molecular flexibility index (Phi) is 2.45. The van der Waals surface area contributed by atoms with Gasteiger partial charge in [0.2, 0.25) is 0 Å². The molecule has 0 nitrogen and oxygen atoms in total. The second-order valence-electron chi connectivity index (χ2n) is 3.19. The van der Waals surface area contributed by atoms with Gasteiger partial charge < -0.3 is 0 Å². The number of hydrogen-bond acceptors (Lipinski definition) is 0. The molecule has 2 aliphatic rings. The van der Waals surface area contributed by atoms with Crippen molar-refractivity contribution in [2.24, 2.45) is 11.8 Å². The summed E-state index contributed by atoms with van der Waals surface area (Å²) in [5.74, 6) is 0.899. The number of hydrogen-bond donors (Lipinski definition) is 0. The average Bonchev–Trinajstić information content (AvgIpc) is 2.75. The Morgan fingerprint density at radius 3 is 1.46 bits per heavy atom. The van der Waals surface area contributed by atoms with Gasteiger partial charge in [-0.05, 0) is 12.2 Å². The van der Waals surface area contributed by atoms with E-state index in [1.807, 2.05) is 0 Å². The summed E-state index contributed by atoms with van der Waals surface area (Å²) in [6.07, 6.45) is 21.1. The quantitative estimate of drug-likeness (QED) is 0.555. The molecule has 64 valence electrons. The molecule has 0 aromatic rings. The SMILES string of the molecule is C(=CC1C=CC=C1)=CC1C=CC=C1. The third-order valence-corrected chi connectivity index (χ3v) is 2.13. The molecule has 0 saturated carbocycles. The molecule has 0 N–H and O–H groups in total. The molecule has 13 heavy (non-hydrogen) atoms. The normalized spacial score (nSPS) is 19.7. The lowest BCUT2D eigenvalue weighted by Crippen LogP contribution is -1.80. The fourth-order valence-electron chi connectivity index (χ4n) is 1.40. The van der Waals surface area contributed by atoms with Crippen molar-refractivity contribution in [1.29, 1.82) is 0 Å². The van der Waals surface area contributed by atoms with Crippen molar-refractivity contribution in [3.8, 4) is 0 Å². The Balaban J connectivity index is 1.95. The first-order valence-electron chi connectivity index (χ1n) is 4.58. The molecule has 0 atom stereocenters. The van der Waals surface area contributed by atoms with Gasteiger partial charge in [0.05, 0.1) is 0 Å². The van der Waals surface area contributed by atoms with Gasteiger partial charge in [0.25, 0.3) is 0 Å². The summed E-state index contributed by atoms with van der Waals surface area (Å²) in [6, 6.07) is 0. The third-order valence-electron chi connectivity index (χ3n) is 2.13. The Bertz CT molecular complexity index is 288. The maximum Gasteiger partial charge on any atom is 0.0209 e. The fraction of sp³-hybridized carbons (Fsp3) is 0.154. The molecule has 0 aromatic carbocycles. The largest absolute Gasteiger partial charge is 0.128 e. The highest BCUT2D eigenvalue weighted by Crippen LogP contribution is 2.11. The van der Waals surface area contributed by atoms with E-state index in [-0.39, 0.29) is 0 Å². The van der Waals surface area contributed by atoms with E-state index < -0.39 is 0 Å². The molecule has 0 spiro atoms. The van der Waals surface area contributed by atoms with Crippen LogP contribution in [0.15, 0.2) is 66.5 Å². The molecule has 0 radical (unpaired) electrons. The van der Waals surface area contributed by atoms with Crippen LogP contribution in [0.1, 0.15) is 0 Å².